The molecular weight excluding hydrogens is 346 g/mol. The summed E-state index contributed by atoms with van der Waals surface area (Å²) in [6, 6.07) is 4.57. The minimum atomic E-state index is -0.460. The van der Waals surface area contributed by atoms with Gasteiger partial charge in [-0.05, 0) is 31.2 Å². The molecule has 1 aromatic carbocycles. The third kappa shape index (κ3) is 4.84. The Morgan fingerprint density at radius 3 is 2.81 bits per heavy atom. The van der Waals surface area contributed by atoms with Crippen LogP contribution in [0.5, 0.6) is 0 Å². The maximum Gasteiger partial charge on any atom is 0.270 e. The van der Waals surface area contributed by atoms with Crippen LogP contribution in [0.2, 0.25) is 0 Å². The summed E-state index contributed by atoms with van der Waals surface area (Å²) >= 11 is 0. The molecule has 1 aliphatic rings. The number of benzene rings is 1. The number of nitro benzene ring substituents is 1. The standard InChI is InChI=1S/C19H25N5O3/c1-15-5-10-23(11-6-15)18-4-3-16(24(26)27)13-17(18)19(25)21-7-2-9-22-12-8-20-14-22/h3-4,8,12-15H,2,5-7,9-11H2,1H3,(H,21,25). The predicted octanol–water partition coefficient (Wildman–Crippen LogP) is 2.85. The number of amides is 1. The first kappa shape index (κ1) is 18.9. The smallest absolute Gasteiger partial charge is 0.270 e. The Hall–Kier alpha value is -2.90. The van der Waals surface area contributed by atoms with E-state index in [-0.39, 0.29) is 11.6 Å². The predicted molar refractivity (Wildman–Crippen MR) is 103 cm³/mol. The molecule has 0 atom stereocenters. The highest BCUT2D eigenvalue weighted by Gasteiger charge is 2.23. The van der Waals surface area contributed by atoms with Crippen LogP contribution in [-0.4, -0.2) is 40.0 Å². The SMILES string of the molecule is CC1CCN(c2ccc([N+](=O)[O-])cc2C(=O)NCCCn2ccnc2)CC1. The molecular formula is C19H25N5O3. The number of nitrogens with zero attached hydrogens (tertiary/aromatic N) is 4. The van der Waals surface area contributed by atoms with Crippen molar-refractivity contribution in [1.29, 1.82) is 0 Å². The molecule has 1 amide bonds. The fourth-order valence-electron chi connectivity index (χ4n) is 3.32. The molecule has 0 unspecified atom stereocenters. The molecule has 27 heavy (non-hydrogen) atoms. The van der Waals surface area contributed by atoms with Crippen molar-refractivity contribution in [1.82, 2.24) is 14.9 Å². The Morgan fingerprint density at radius 1 is 1.37 bits per heavy atom. The van der Waals surface area contributed by atoms with Gasteiger partial charge < -0.3 is 14.8 Å². The lowest BCUT2D eigenvalue weighted by Gasteiger charge is -2.33. The van der Waals surface area contributed by atoms with Crippen LogP contribution in [0.4, 0.5) is 11.4 Å². The van der Waals surface area contributed by atoms with Gasteiger partial charge in [0.1, 0.15) is 0 Å². The Balaban J connectivity index is 1.69. The first-order valence-corrected chi connectivity index (χ1v) is 9.32. The van der Waals surface area contributed by atoms with Gasteiger partial charge in [-0.2, -0.15) is 0 Å². The first-order chi connectivity index (χ1) is 13.0. The topological polar surface area (TPSA) is 93.3 Å². The van der Waals surface area contributed by atoms with Crippen molar-refractivity contribution in [2.45, 2.75) is 32.7 Å². The van der Waals surface area contributed by atoms with Crippen LogP contribution in [0.1, 0.15) is 36.5 Å². The number of hydrogen-bond donors (Lipinski definition) is 1. The molecule has 8 heteroatoms. The number of non-ortho nitro benzene ring substituents is 1. The number of carbonyl (C=O) groups excluding carboxylic acids is 1. The second-order valence-electron chi connectivity index (χ2n) is 7.04. The fraction of sp³-hybridized carbons (Fsp3) is 0.474. The molecule has 1 N–H and O–H groups in total. The summed E-state index contributed by atoms with van der Waals surface area (Å²) in [6.07, 6.45) is 8.20. The number of nitrogens with one attached hydrogen (secondary N) is 1. The van der Waals surface area contributed by atoms with Crippen LogP contribution in [0.25, 0.3) is 0 Å². The van der Waals surface area contributed by atoms with E-state index >= 15 is 0 Å². The van der Waals surface area contributed by atoms with Crippen molar-refractivity contribution >= 4 is 17.3 Å². The van der Waals surface area contributed by atoms with Gasteiger partial charge in [-0.15, -0.1) is 0 Å². The summed E-state index contributed by atoms with van der Waals surface area (Å²) in [4.78, 5) is 29.6. The van der Waals surface area contributed by atoms with Crippen molar-refractivity contribution < 1.29 is 9.72 Å². The molecule has 8 nitrogen and oxygen atoms in total. The van der Waals surface area contributed by atoms with Gasteiger partial charge in [-0.3, -0.25) is 14.9 Å². The maximum atomic E-state index is 12.7. The van der Waals surface area contributed by atoms with Gasteiger partial charge in [0.2, 0.25) is 0 Å². The van der Waals surface area contributed by atoms with E-state index in [1.807, 2.05) is 10.8 Å². The number of aryl methyl sites for hydroxylation is 1. The van der Waals surface area contributed by atoms with Gasteiger partial charge in [0.15, 0.2) is 0 Å². The Morgan fingerprint density at radius 2 is 2.15 bits per heavy atom. The molecule has 1 aromatic heterocycles. The van der Waals surface area contributed by atoms with Crippen molar-refractivity contribution in [2.75, 3.05) is 24.5 Å². The summed E-state index contributed by atoms with van der Waals surface area (Å²) in [5.74, 6) is 0.401. The second kappa shape index (κ2) is 8.66. The highest BCUT2D eigenvalue weighted by molar-refractivity contribution is 6.00. The number of rotatable bonds is 7. The normalized spacial score (nSPS) is 14.9. The van der Waals surface area contributed by atoms with E-state index in [9.17, 15) is 14.9 Å². The first-order valence-electron chi connectivity index (χ1n) is 9.32. The van der Waals surface area contributed by atoms with Crippen LogP contribution in [0.3, 0.4) is 0 Å². The third-order valence-electron chi connectivity index (χ3n) is 5.00. The van der Waals surface area contributed by atoms with Gasteiger partial charge in [-0.1, -0.05) is 6.92 Å². The molecule has 0 aliphatic carbocycles. The maximum absolute atomic E-state index is 12.7. The van der Waals surface area contributed by atoms with Gasteiger partial charge in [0.25, 0.3) is 11.6 Å². The van der Waals surface area contributed by atoms with E-state index in [0.717, 1.165) is 44.6 Å². The zero-order chi connectivity index (χ0) is 19.2. The zero-order valence-corrected chi connectivity index (χ0v) is 15.5. The van der Waals surface area contributed by atoms with Crippen LogP contribution in [-0.2, 0) is 6.54 Å². The summed E-state index contributed by atoms with van der Waals surface area (Å²) < 4.78 is 1.94. The number of aromatic nitrogens is 2. The average Bonchev–Trinajstić information content (AvgIpc) is 3.19. The quantitative estimate of drug-likeness (QED) is 0.459. The van der Waals surface area contributed by atoms with Gasteiger partial charge >= 0.3 is 0 Å². The zero-order valence-electron chi connectivity index (χ0n) is 15.5. The molecule has 0 radical (unpaired) electrons. The summed E-state index contributed by atoms with van der Waals surface area (Å²) in [6.45, 7) is 5.20. The largest absolute Gasteiger partial charge is 0.371 e. The molecule has 1 fully saturated rings. The molecule has 3 rings (SSSR count). The van der Waals surface area contributed by atoms with E-state index in [4.69, 9.17) is 0 Å². The second-order valence-corrected chi connectivity index (χ2v) is 7.04. The van der Waals surface area contributed by atoms with Crippen LogP contribution in [0, 0.1) is 16.0 Å². The molecule has 0 bridgehead atoms. The van der Waals surface area contributed by atoms with Crippen LogP contribution >= 0.6 is 0 Å². The minimum absolute atomic E-state index is 0.0623. The monoisotopic (exact) mass is 371 g/mol. The minimum Gasteiger partial charge on any atom is -0.371 e. The van der Waals surface area contributed by atoms with Gasteiger partial charge in [0, 0.05) is 50.7 Å². The molecule has 1 aliphatic heterocycles. The molecule has 0 spiro atoms. The number of imidazole rings is 1. The lowest BCUT2D eigenvalue weighted by molar-refractivity contribution is -0.384. The molecule has 2 heterocycles. The Labute approximate surface area is 158 Å². The number of piperidine rings is 1. The van der Waals surface area contributed by atoms with E-state index in [1.54, 1.807) is 18.6 Å². The summed E-state index contributed by atoms with van der Waals surface area (Å²) in [5.41, 5.74) is 1.09. The van der Waals surface area contributed by atoms with Crippen LogP contribution in [0.15, 0.2) is 36.9 Å². The summed E-state index contributed by atoms with van der Waals surface area (Å²) in [7, 11) is 0. The Kier molecular flexibility index (Phi) is 6.05. The van der Waals surface area contributed by atoms with Crippen molar-refractivity contribution in [3.05, 3.63) is 52.6 Å². The van der Waals surface area contributed by atoms with Crippen LogP contribution < -0.4 is 10.2 Å². The number of hydrogen-bond acceptors (Lipinski definition) is 5. The van der Waals surface area contributed by atoms with Gasteiger partial charge in [0.05, 0.1) is 22.5 Å². The summed E-state index contributed by atoms with van der Waals surface area (Å²) in [5, 5.41) is 14.0. The Bertz CT molecular complexity index is 783. The van der Waals surface area contributed by atoms with E-state index in [1.165, 1.54) is 12.1 Å². The van der Waals surface area contributed by atoms with Crippen molar-refractivity contribution in [3.8, 4) is 0 Å². The van der Waals surface area contributed by atoms with Crippen molar-refractivity contribution in [2.24, 2.45) is 5.92 Å². The van der Waals surface area contributed by atoms with E-state index in [2.05, 4.69) is 22.1 Å². The van der Waals surface area contributed by atoms with Crippen molar-refractivity contribution in [3.63, 3.8) is 0 Å². The number of nitro groups is 1. The lowest BCUT2D eigenvalue weighted by Crippen LogP contribution is -2.35. The lowest BCUT2D eigenvalue weighted by atomic mass is 9.98. The molecule has 2 aromatic rings. The molecule has 0 saturated carbocycles. The third-order valence-corrected chi connectivity index (χ3v) is 5.00. The highest BCUT2D eigenvalue weighted by atomic mass is 16.6. The molecule has 144 valence electrons. The number of anilines is 1. The fourth-order valence-corrected chi connectivity index (χ4v) is 3.32. The highest BCUT2D eigenvalue weighted by Crippen LogP contribution is 2.29. The average molecular weight is 371 g/mol. The van der Waals surface area contributed by atoms with E-state index in [0.29, 0.717) is 18.0 Å². The van der Waals surface area contributed by atoms with E-state index < -0.39 is 4.92 Å². The molecule has 1 saturated heterocycles. The number of carbonyl (C=O) groups is 1. The van der Waals surface area contributed by atoms with Gasteiger partial charge in [-0.25, -0.2) is 4.98 Å².